The Kier molecular flexibility index (Phi) is 5.25. The van der Waals surface area contributed by atoms with Gasteiger partial charge < -0.3 is 9.73 Å². The fourth-order valence-corrected chi connectivity index (χ4v) is 4.03. The molecule has 0 aliphatic heterocycles. The normalized spacial score (nSPS) is 16.0. The summed E-state index contributed by atoms with van der Waals surface area (Å²) in [6.45, 7) is 2.00. The molecule has 0 saturated carbocycles. The fraction of sp³-hybridized carbons (Fsp3) is 0.286. The van der Waals surface area contributed by atoms with E-state index in [2.05, 4.69) is 33.7 Å². The molecule has 0 radical (unpaired) electrons. The number of rotatable bonds is 5. The summed E-state index contributed by atoms with van der Waals surface area (Å²) in [5.41, 5.74) is 4.56. The third-order valence-corrected chi connectivity index (χ3v) is 5.63. The Balaban J connectivity index is 1.36. The maximum Gasteiger partial charge on any atom is 0.277 e. The number of nitrogens with zero attached hydrogens (tertiary/aromatic N) is 2. The molecule has 1 aliphatic carbocycles. The zero-order valence-electron chi connectivity index (χ0n) is 15.1. The first-order valence-electron chi connectivity index (χ1n) is 9.10. The van der Waals surface area contributed by atoms with Gasteiger partial charge in [-0.25, -0.2) is 0 Å². The maximum atomic E-state index is 12.4. The molecule has 6 heteroatoms. The van der Waals surface area contributed by atoms with Crippen molar-refractivity contribution in [3.63, 3.8) is 0 Å². The zero-order chi connectivity index (χ0) is 18.6. The van der Waals surface area contributed by atoms with Gasteiger partial charge in [-0.3, -0.25) is 4.79 Å². The molecule has 1 amide bonds. The molecule has 4 rings (SSSR count). The van der Waals surface area contributed by atoms with Gasteiger partial charge in [-0.1, -0.05) is 54.2 Å². The van der Waals surface area contributed by atoms with Gasteiger partial charge in [0, 0.05) is 5.56 Å². The molecular formula is C21H21N3O2S. The molecule has 5 nitrogen and oxygen atoms in total. The lowest BCUT2D eigenvalue weighted by Crippen LogP contribution is -2.32. The van der Waals surface area contributed by atoms with E-state index < -0.39 is 0 Å². The standard InChI is InChI=1S/C21H21N3O2S/c1-14-7-2-4-10-16(14)20-23-24-21(26-20)27-13-19(25)22-18-12-6-9-15-8-3-5-11-17(15)18/h2-5,7-8,10-11,18H,6,9,12-13H2,1H3,(H,22,25)/t18-/m1/s1. The van der Waals surface area contributed by atoms with Gasteiger partial charge in [-0.2, -0.15) is 0 Å². The number of thioether (sulfide) groups is 1. The van der Waals surface area contributed by atoms with Crippen molar-refractivity contribution in [2.24, 2.45) is 0 Å². The Bertz CT molecular complexity index is 954. The third-order valence-electron chi connectivity index (χ3n) is 4.81. The molecule has 3 aromatic rings. The number of nitrogens with one attached hydrogen (secondary N) is 1. The second-order valence-electron chi connectivity index (χ2n) is 6.69. The number of benzene rings is 2. The van der Waals surface area contributed by atoms with Crippen molar-refractivity contribution in [1.82, 2.24) is 15.5 Å². The number of carbonyl (C=O) groups is 1. The van der Waals surface area contributed by atoms with E-state index in [9.17, 15) is 4.79 Å². The van der Waals surface area contributed by atoms with Crippen LogP contribution in [-0.4, -0.2) is 21.9 Å². The first-order chi connectivity index (χ1) is 13.2. The van der Waals surface area contributed by atoms with Crippen molar-refractivity contribution in [1.29, 1.82) is 0 Å². The second kappa shape index (κ2) is 7.96. The van der Waals surface area contributed by atoms with Crippen LogP contribution < -0.4 is 5.32 Å². The van der Waals surface area contributed by atoms with Crippen molar-refractivity contribution >= 4 is 17.7 Å². The van der Waals surface area contributed by atoms with E-state index >= 15 is 0 Å². The highest BCUT2D eigenvalue weighted by atomic mass is 32.2. The fourth-order valence-electron chi connectivity index (χ4n) is 3.46. The zero-order valence-corrected chi connectivity index (χ0v) is 16.0. The summed E-state index contributed by atoms with van der Waals surface area (Å²) in [7, 11) is 0. The number of aromatic nitrogens is 2. The maximum absolute atomic E-state index is 12.4. The number of hydrogen-bond acceptors (Lipinski definition) is 5. The topological polar surface area (TPSA) is 68.0 Å². The molecule has 1 atom stereocenters. The molecular weight excluding hydrogens is 358 g/mol. The van der Waals surface area contributed by atoms with Gasteiger partial charge in [0.15, 0.2) is 0 Å². The SMILES string of the molecule is Cc1ccccc1-c1nnc(SCC(=O)N[C@@H]2CCCc3ccccc32)o1. The van der Waals surface area contributed by atoms with Crippen molar-refractivity contribution in [2.45, 2.75) is 37.5 Å². The predicted octanol–water partition coefficient (Wildman–Crippen LogP) is 4.33. The Labute approximate surface area is 162 Å². The summed E-state index contributed by atoms with van der Waals surface area (Å²) in [5.74, 6) is 0.725. The average Bonchev–Trinajstić information content (AvgIpc) is 3.16. The van der Waals surface area contributed by atoms with Gasteiger partial charge in [0.2, 0.25) is 11.8 Å². The summed E-state index contributed by atoms with van der Waals surface area (Å²) in [6, 6.07) is 16.3. The molecule has 0 saturated heterocycles. The van der Waals surface area contributed by atoms with Crippen LogP contribution in [-0.2, 0) is 11.2 Å². The van der Waals surface area contributed by atoms with Gasteiger partial charge in [0.1, 0.15) is 0 Å². The number of amides is 1. The molecule has 1 N–H and O–H groups in total. The third kappa shape index (κ3) is 4.06. The highest BCUT2D eigenvalue weighted by Crippen LogP contribution is 2.30. The minimum Gasteiger partial charge on any atom is -0.411 e. The Morgan fingerprint density at radius 3 is 2.89 bits per heavy atom. The monoisotopic (exact) mass is 379 g/mol. The van der Waals surface area contributed by atoms with Gasteiger partial charge in [0.25, 0.3) is 5.22 Å². The summed E-state index contributed by atoms with van der Waals surface area (Å²) >= 11 is 1.27. The summed E-state index contributed by atoms with van der Waals surface area (Å²) in [6.07, 6.45) is 3.16. The molecule has 0 fully saturated rings. The Morgan fingerprint density at radius 1 is 1.19 bits per heavy atom. The van der Waals surface area contributed by atoms with E-state index in [0.717, 1.165) is 30.4 Å². The van der Waals surface area contributed by atoms with E-state index in [4.69, 9.17) is 4.42 Å². The largest absolute Gasteiger partial charge is 0.411 e. The molecule has 1 aromatic heterocycles. The predicted molar refractivity (Wildman–Crippen MR) is 105 cm³/mol. The van der Waals surface area contributed by atoms with Crippen molar-refractivity contribution in [3.8, 4) is 11.5 Å². The molecule has 27 heavy (non-hydrogen) atoms. The number of fused-ring (bicyclic) bond motifs is 1. The summed E-state index contributed by atoms with van der Waals surface area (Å²) in [5, 5.41) is 11.7. The minimum absolute atomic E-state index is 0.0163. The van der Waals surface area contributed by atoms with E-state index in [1.807, 2.05) is 37.3 Å². The van der Waals surface area contributed by atoms with Crippen LogP contribution in [0.3, 0.4) is 0 Å². The van der Waals surface area contributed by atoms with Crippen molar-refractivity contribution < 1.29 is 9.21 Å². The van der Waals surface area contributed by atoms with Gasteiger partial charge in [0.05, 0.1) is 11.8 Å². The van der Waals surface area contributed by atoms with E-state index in [-0.39, 0.29) is 17.7 Å². The molecule has 2 aromatic carbocycles. The van der Waals surface area contributed by atoms with E-state index in [0.29, 0.717) is 11.1 Å². The van der Waals surface area contributed by atoms with Crippen LogP contribution in [0.25, 0.3) is 11.5 Å². The molecule has 138 valence electrons. The number of hydrogen-bond donors (Lipinski definition) is 1. The first kappa shape index (κ1) is 17.8. The smallest absolute Gasteiger partial charge is 0.277 e. The van der Waals surface area contributed by atoms with Crippen LogP contribution >= 0.6 is 11.8 Å². The van der Waals surface area contributed by atoms with Crippen LogP contribution in [0.1, 0.15) is 35.6 Å². The lowest BCUT2D eigenvalue weighted by atomic mass is 9.88. The lowest BCUT2D eigenvalue weighted by Gasteiger charge is -2.26. The van der Waals surface area contributed by atoms with E-state index in [1.165, 1.54) is 22.9 Å². The van der Waals surface area contributed by atoms with Crippen molar-refractivity contribution in [3.05, 3.63) is 65.2 Å². The highest BCUT2D eigenvalue weighted by Gasteiger charge is 2.21. The lowest BCUT2D eigenvalue weighted by molar-refractivity contribution is -0.119. The van der Waals surface area contributed by atoms with E-state index in [1.54, 1.807) is 0 Å². The Hall–Kier alpha value is -2.60. The van der Waals surface area contributed by atoms with Crippen LogP contribution in [0.5, 0.6) is 0 Å². The first-order valence-corrected chi connectivity index (χ1v) is 10.1. The van der Waals surface area contributed by atoms with Gasteiger partial charge >= 0.3 is 0 Å². The summed E-state index contributed by atoms with van der Waals surface area (Å²) < 4.78 is 5.71. The second-order valence-corrected chi connectivity index (χ2v) is 7.61. The van der Waals surface area contributed by atoms with Crippen molar-refractivity contribution in [2.75, 3.05) is 5.75 Å². The van der Waals surface area contributed by atoms with Crippen LogP contribution in [0, 0.1) is 6.92 Å². The molecule has 1 aliphatic rings. The number of carbonyl (C=O) groups excluding carboxylic acids is 1. The summed E-state index contributed by atoms with van der Waals surface area (Å²) in [4.78, 5) is 12.4. The van der Waals surface area contributed by atoms with Gasteiger partial charge in [-0.05, 0) is 48.9 Å². The quantitative estimate of drug-likeness (QED) is 0.668. The van der Waals surface area contributed by atoms with Crippen LogP contribution in [0.4, 0.5) is 0 Å². The minimum atomic E-state index is -0.0163. The van der Waals surface area contributed by atoms with Gasteiger partial charge in [-0.15, -0.1) is 10.2 Å². The molecule has 1 heterocycles. The van der Waals surface area contributed by atoms with Crippen LogP contribution in [0.15, 0.2) is 58.2 Å². The number of aryl methyl sites for hydroxylation is 2. The molecule has 0 bridgehead atoms. The highest BCUT2D eigenvalue weighted by molar-refractivity contribution is 7.99. The Morgan fingerprint density at radius 2 is 2.00 bits per heavy atom. The average molecular weight is 379 g/mol. The van der Waals surface area contributed by atoms with Crippen LogP contribution in [0.2, 0.25) is 0 Å². The molecule has 0 unspecified atom stereocenters. The molecule has 0 spiro atoms.